The Kier molecular flexibility index (Phi) is 7.48. The van der Waals surface area contributed by atoms with Crippen LogP contribution < -0.4 is 19.3 Å². The van der Waals surface area contributed by atoms with Crippen LogP contribution in [0.3, 0.4) is 0 Å². The Balaban J connectivity index is 1.41. The van der Waals surface area contributed by atoms with Crippen molar-refractivity contribution in [2.75, 3.05) is 46.4 Å². The fourth-order valence-corrected chi connectivity index (χ4v) is 3.86. The molecule has 154 valence electrons. The van der Waals surface area contributed by atoms with E-state index in [2.05, 4.69) is 31.2 Å². The van der Waals surface area contributed by atoms with Crippen molar-refractivity contribution in [3.8, 4) is 17.6 Å². The first-order valence-electron chi connectivity index (χ1n) is 10.2. The fourth-order valence-electron chi connectivity index (χ4n) is 3.86. The molecule has 1 atom stereocenters. The third-order valence-electron chi connectivity index (χ3n) is 5.49. The lowest BCUT2D eigenvalue weighted by Gasteiger charge is -2.31. The van der Waals surface area contributed by atoms with Gasteiger partial charge in [-0.25, -0.2) is 0 Å². The molecule has 0 spiro atoms. The van der Waals surface area contributed by atoms with E-state index in [0.29, 0.717) is 17.9 Å². The number of nitriles is 1. The number of aliphatic hydroxyl groups excluding tert-OH is 1. The number of benzene rings is 2. The SMILES string of the molecule is COc1ccc(C)cc1C[NH+]1CC[NH+](C[C@@H](O)COc2ccc(C#N)cc2)CC1. The van der Waals surface area contributed by atoms with E-state index in [9.17, 15) is 5.11 Å². The summed E-state index contributed by atoms with van der Waals surface area (Å²) < 4.78 is 11.2. The third kappa shape index (κ3) is 6.20. The fraction of sp³-hybridized carbons (Fsp3) is 0.435. The highest BCUT2D eigenvalue weighted by molar-refractivity contribution is 5.36. The van der Waals surface area contributed by atoms with E-state index in [1.54, 1.807) is 36.3 Å². The molecule has 2 aromatic carbocycles. The summed E-state index contributed by atoms with van der Waals surface area (Å²) in [4.78, 5) is 2.97. The van der Waals surface area contributed by atoms with Crippen LogP contribution in [-0.4, -0.2) is 57.7 Å². The molecular weight excluding hydrogens is 366 g/mol. The van der Waals surface area contributed by atoms with Gasteiger partial charge in [-0.3, -0.25) is 0 Å². The highest BCUT2D eigenvalue weighted by Crippen LogP contribution is 2.18. The predicted octanol–water partition coefficient (Wildman–Crippen LogP) is -0.401. The smallest absolute Gasteiger partial charge is 0.137 e. The van der Waals surface area contributed by atoms with Crippen LogP contribution >= 0.6 is 0 Å². The average molecular weight is 398 g/mol. The number of rotatable bonds is 8. The van der Waals surface area contributed by atoms with Gasteiger partial charge in [-0.15, -0.1) is 0 Å². The van der Waals surface area contributed by atoms with Crippen LogP contribution in [0.2, 0.25) is 0 Å². The summed E-state index contributed by atoms with van der Waals surface area (Å²) in [6, 6.07) is 15.4. The lowest BCUT2D eigenvalue weighted by molar-refractivity contribution is -1.02. The minimum atomic E-state index is -0.501. The van der Waals surface area contributed by atoms with Crippen molar-refractivity contribution < 1.29 is 24.4 Å². The van der Waals surface area contributed by atoms with E-state index in [0.717, 1.165) is 38.5 Å². The molecule has 3 rings (SSSR count). The Morgan fingerprint density at radius 1 is 1.07 bits per heavy atom. The lowest BCUT2D eigenvalue weighted by atomic mass is 10.1. The van der Waals surface area contributed by atoms with Crippen molar-refractivity contribution in [1.82, 2.24) is 0 Å². The number of hydrogen-bond donors (Lipinski definition) is 3. The molecule has 1 fully saturated rings. The van der Waals surface area contributed by atoms with Crippen LogP contribution in [-0.2, 0) is 6.54 Å². The van der Waals surface area contributed by atoms with Gasteiger partial charge in [-0.2, -0.15) is 5.26 Å². The molecule has 6 nitrogen and oxygen atoms in total. The minimum absolute atomic E-state index is 0.270. The van der Waals surface area contributed by atoms with Gasteiger partial charge in [-0.1, -0.05) is 11.6 Å². The van der Waals surface area contributed by atoms with Crippen molar-refractivity contribution in [2.24, 2.45) is 0 Å². The summed E-state index contributed by atoms with van der Waals surface area (Å²) >= 11 is 0. The molecule has 1 saturated heterocycles. The summed E-state index contributed by atoms with van der Waals surface area (Å²) in [5.41, 5.74) is 3.13. The number of hydrogen-bond acceptors (Lipinski definition) is 4. The first-order chi connectivity index (χ1) is 14.1. The number of quaternary nitrogens is 2. The topological polar surface area (TPSA) is 71.4 Å². The van der Waals surface area contributed by atoms with E-state index in [1.807, 2.05) is 0 Å². The zero-order valence-corrected chi connectivity index (χ0v) is 17.3. The number of nitrogens with zero attached hydrogens (tertiary/aromatic N) is 1. The monoisotopic (exact) mass is 397 g/mol. The van der Waals surface area contributed by atoms with Crippen molar-refractivity contribution in [2.45, 2.75) is 19.6 Å². The Bertz CT molecular complexity index is 824. The molecule has 0 saturated carbocycles. The molecule has 0 bridgehead atoms. The Labute approximate surface area is 172 Å². The quantitative estimate of drug-likeness (QED) is 0.567. The third-order valence-corrected chi connectivity index (χ3v) is 5.49. The molecule has 1 aliphatic heterocycles. The van der Waals surface area contributed by atoms with E-state index in [-0.39, 0.29) is 6.61 Å². The first-order valence-corrected chi connectivity index (χ1v) is 10.2. The standard InChI is InChI=1S/C23H29N3O3/c1-18-3-8-23(28-2)20(13-18)15-25-9-11-26(12-10-25)16-21(27)17-29-22-6-4-19(14-24)5-7-22/h3-8,13,21,27H,9-12,15-17H2,1-2H3/p+2/t21-/m1/s1. The van der Waals surface area contributed by atoms with Crippen LogP contribution in [0.4, 0.5) is 0 Å². The number of piperazine rings is 1. The second-order valence-corrected chi connectivity index (χ2v) is 7.80. The highest BCUT2D eigenvalue weighted by atomic mass is 16.5. The average Bonchev–Trinajstić information content (AvgIpc) is 2.74. The van der Waals surface area contributed by atoms with Crippen LogP contribution in [0.5, 0.6) is 11.5 Å². The van der Waals surface area contributed by atoms with Gasteiger partial charge in [0.2, 0.25) is 0 Å². The van der Waals surface area contributed by atoms with Crippen LogP contribution in [0.15, 0.2) is 42.5 Å². The maximum atomic E-state index is 10.3. The molecule has 6 heteroatoms. The number of aryl methyl sites for hydroxylation is 1. The Morgan fingerprint density at radius 3 is 2.41 bits per heavy atom. The van der Waals surface area contributed by atoms with Gasteiger partial charge in [0.25, 0.3) is 0 Å². The van der Waals surface area contributed by atoms with E-state index >= 15 is 0 Å². The molecule has 1 heterocycles. The van der Waals surface area contributed by atoms with Gasteiger partial charge >= 0.3 is 0 Å². The van der Waals surface area contributed by atoms with Gasteiger partial charge in [-0.05, 0) is 43.3 Å². The molecule has 0 unspecified atom stereocenters. The van der Waals surface area contributed by atoms with E-state index in [4.69, 9.17) is 14.7 Å². The van der Waals surface area contributed by atoms with Gasteiger partial charge in [0.1, 0.15) is 63.5 Å². The number of methoxy groups -OCH3 is 1. The van der Waals surface area contributed by atoms with Crippen molar-refractivity contribution in [3.05, 3.63) is 59.2 Å². The van der Waals surface area contributed by atoms with Crippen LogP contribution in [0.25, 0.3) is 0 Å². The summed E-state index contributed by atoms with van der Waals surface area (Å²) in [5, 5.41) is 19.2. The zero-order chi connectivity index (χ0) is 20.6. The second-order valence-electron chi connectivity index (χ2n) is 7.80. The Hall–Kier alpha value is -2.59. The van der Waals surface area contributed by atoms with Crippen LogP contribution in [0.1, 0.15) is 16.7 Å². The highest BCUT2D eigenvalue weighted by Gasteiger charge is 2.26. The molecule has 0 radical (unpaired) electrons. The van der Waals surface area contributed by atoms with Gasteiger partial charge in [0, 0.05) is 5.56 Å². The van der Waals surface area contributed by atoms with Crippen molar-refractivity contribution in [3.63, 3.8) is 0 Å². The largest absolute Gasteiger partial charge is 0.496 e. The van der Waals surface area contributed by atoms with Gasteiger partial charge in [0.05, 0.1) is 18.7 Å². The molecule has 2 aromatic rings. The minimum Gasteiger partial charge on any atom is -0.496 e. The van der Waals surface area contributed by atoms with Crippen LogP contribution in [0, 0.1) is 18.3 Å². The summed E-state index contributed by atoms with van der Waals surface area (Å²) in [6.07, 6.45) is -0.501. The lowest BCUT2D eigenvalue weighted by Crippen LogP contribution is -3.28. The molecule has 1 aliphatic rings. The number of nitrogens with one attached hydrogen (secondary N) is 2. The van der Waals surface area contributed by atoms with Crippen molar-refractivity contribution >= 4 is 0 Å². The molecule has 29 heavy (non-hydrogen) atoms. The normalized spacial score (nSPS) is 19.9. The maximum Gasteiger partial charge on any atom is 0.137 e. The van der Waals surface area contributed by atoms with Gasteiger partial charge in [0.15, 0.2) is 0 Å². The first kappa shape index (κ1) is 21.1. The molecule has 3 N–H and O–H groups in total. The summed E-state index contributed by atoms with van der Waals surface area (Å²) in [6.45, 7) is 8.29. The molecule has 0 aliphatic carbocycles. The summed E-state index contributed by atoms with van der Waals surface area (Å²) in [5.74, 6) is 1.65. The van der Waals surface area contributed by atoms with Crippen molar-refractivity contribution in [1.29, 1.82) is 5.26 Å². The molecule has 0 aromatic heterocycles. The maximum absolute atomic E-state index is 10.3. The second kappa shape index (κ2) is 10.3. The number of aliphatic hydroxyl groups is 1. The predicted molar refractivity (Wildman–Crippen MR) is 110 cm³/mol. The molecule has 0 amide bonds. The zero-order valence-electron chi connectivity index (χ0n) is 17.3. The van der Waals surface area contributed by atoms with E-state index in [1.165, 1.54) is 16.0 Å². The Morgan fingerprint density at radius 2 is 1.76 bits per heavy atom. The summed E-state index contributed by atoms with van der Waals surface area (Å²) in [7, 11) is 1.73. The van der Waals surface area contributed by atoms with Gasteiger partial charge < -0.3 is 24.4 Å². The number of ether oxygens (including phenoxy) is 2. The van der Waals surface area contributed by atoms with E-state index < -0.39 is 6.10 Å². The molecular formula is C23H31N3O3+2.